The van der Waals surface area contributed by atoms with E-state index in [2.05, 4.69) is 15.4 Å². The van der Waals surface area contributed by atoms with Crippen LogP contribution >= 0.6 is 23.6 Å². The number of esters is 1. The lowest BCUT2D eigenvalue weighted by Crippen LogP contribution is -2.20. The van der Waals surface area contributed by atoms with Gasteiger partial charge < -0.3 is 20.1 Å². The van der Waals surface area contributed by atoms with Crippen LogP contribution in [-0.4, -0.2) is 33.7 Å². The normalized spacial score (nSPS) is 10.9. The van der Waals surface area contributed by atoms with E-state index in [1.54, 1.807) is 36.4 Å². The van der Waals surface area contributed by atoms with E-state index in [0.29, 0.717) is 27.7 Å². The highest BCUT2D eigenvalue weighted by Crippen LogP contribution is 2.33. The number of ether oxygens (including phenoxy) is 2. The molecule has 0 aliphatic carbocycles. The van der Waals surface area contributed by atoms with Crippen LogP contribution in [0.2, 0.25) is 0 Å². The number of thiocarbonyl (C=S) groups is 1. The third-order valence-corrected chi connectivity index (χ3v) is 7.48. The summed E-state index contributed by atoms with van der Waals surface area (Å²) in [6.45, 7) is 3.75. The van der Waals surface area contributed by atoms with Crippen molar-refractivity contribution in [2.75, 3.05) is 29.6 Å². The van der Waals surface area contributed by atoms with Gasteiger partial charge in [-0.15, -0.1) is 11.3 Å². The van der Waals surface area contributed by atoms with Crippen molar-refractivity contribution in [3.8, 4) is 5.75 Å². The van der Waals surface area contributed by atoms with E-state index < -0.39 is 16.0 Å². The number of carbonyl (C=O) groups excluding carboxylic acids is 1. The maximum atomic E-state index is 12.7. The second kappa shape index (κ2) is 10.2. The number of nitrogens with one attached hydrogen (secondary N) is 3. The van der Waals surface area contributed by atoms with Crippen LogP contribution in [0.25, 0.3) is 0 Å². The zero-order chi connectivity index (χ0) is 24.2. The van der Waals surface area contributed by atoms with E-state index in [1.165, 1.54) is 37.7 Å². The van der Waals surface area contributed by atoms with Gasteiger partial charge >= 0.3 is 5.97 Å². The average Bonchev–Trinajstić information content (AvgIpc) is 3.06. The Morgan fingerprint density at radius 2 is 1.67 bits per heavy atom. The molecule has 174 valence electrons. The first-order valence-corrected chi connectivity index (χ1v) is 12.4. The Hall–Kier alpha value is -3.15. The smallest absolute Gasteiger partial charge is 0.341 e. The van der Waals surface area contributed by atoms with E-state index in [4.69, 9.17) is 21.7 Å². The molecule has 0 saturated carbocycles. The molecule has 0 aliphatic rings. The topological polar surface area (TPSA) is 106 Å². The largest absolute Gasteiger partial charge is 0.495 e. The van der Waals surface area contributed by atoms with E-state index in [9.17, 15) is 13.2 Å². The van der Waals surface area contributed by atoms with Crippen LogP contribution in [-0.2, 0) is 14.8 Å². The zero-order valence-corrected chi connectivity index (χ0v) is 20.8. The molecule has 1 aromatic heterocycles. The first-order chi connectivity index (χ1) is 15.7. The first-order valence-electron chi connectivity index (χ1n) is 9.68. The summed E-state index contributed by atoms with van der Waals surface area (Å²) in [6.07, 6.45) is 0. The molecule has 3 aromatic rings. The lowest BCUT2D eigenvalue weighted by Gasteiger charge is -2.13. The number of para-hydroxylation sites is 2. The number of thiophene rings is 1. The molecule has 0 amide bonds. The molecule has 3 N–H and O–H groups in total. The predicted molar refractivity (Wildman–Crippen MR) is 135 cm³/mol. The summed E-state index contributed by atoms with van der Waals surface area (Å²) >= 11 is 6.76. The molecule has 0 bridgehead atoms. The van der Waals surface area contributed by atoms with Crippen molar-refractivity contribution in [3.63, 3.8) is 0 Å². The monoisotopic (exact) mass is 505 g/mol. The maximum absolute atomic E-state index is 12.7. The first kappa shape index (κ1) is 24.5. The lowest BCUT2D eigenvalue weighted by molar-refractivity contribution is 0.0601. The fourth-order valence-electron chi connectivity index (χ4n) is 2.98. The van der Waals surface area contributed by atoms with E-state index >= 15 is 0 Å². The van der Waals surface area contributed by atoms with Crippen LogP contribution in [0.4, 0.5) is 16.4 Å². The lowest BCUT2D eigenvalue weighted by atomic mass is 10.1. The minimum absolute atomic E-state index is 0.0790. The van der Waals surface area contributed by atoms with Crippen molar-refractivity contribution in [3.05, 3.63) is 64.5 Å². The Bertz CT molecular complexity index is 1290. The number of benzene rings is 2. The van der Waals surface area contributed by atoms with Gasteiger partial charge in [-0.25, -0.2) is 13.2 Å². The van der Waals surface area contributed by atoms with E-state index in [-0.39, 0.29) is 10.0 Å². The van der Waals surface area contributed by atoms with Gasteiger partial charge in [0.25, 0.3) is 10.0 Å². The third-order valence-electron chi connectivity index (χ3n) is 4.78. The Morgan fingerprint density at radius 1 is 1.00 bits per heavy atom. The average molecular weight is 506 g/mol. The van der Waals surface area contributed by atoms with Gasteiger partial charge in [-0.05, 0) is 68.0 Å². The number of sulfonamides is 1. The molecule has 0 aliphatic heterocycles. The molecule has 2 aromatic carbocycles. The highest BCUT2D eigenvalue weighted by molar-refractivity contribution is 7.92. The summed E-state index contributed by atoms with van der Waals surface area (Å²) in [5.74, 6) is -0.0274. The number of hydrogen-bond donors (Lipinski definition) is 3. The quantitative estimate of drug-likeness (QED) is 0.312. The van der Waals surface area contributed by atoms with Crippen LogP contribution in [0, 0.1) is 13.8 Å². The van der Waals surface area contributed by atoms with Crippen LogP contribution in [0.1, 0.15) is 20.8 Å². The Balaban J connectivity index is 1.72. The van der Waals surface area contributed by atoms with Crippen molar-refractivity contribution < 1.29 is 22.7 Å². The van der Waals surface area contributed by atoms with Crippen molar-refractivity contribution in [1.82, 2.24) is 0 Å². The van der Waals surface area contributed by atoms with Crippen LogP contribution < -0.4 is 20.1 Å². The fraction of sp³-hybridized carbons (Fsp3) is 0.182. The van der Waals surface area contributed by atoms with Gasteiger partial charge in [-0.2, -0.15) is 0 Å². The Labute approximate surface area is 202 Å². The van der Waals surface area contributed by atoms with E-state index in [1.807, 2.05) is 13.8 Å². The van der Waals surface area contributed by atoms with Gasteiger partial charge in [-0.1, -0.05) is 12.1 Å². The summed E-state index contributed by atoms with van der Waals surface area (Å²) in [7, 11) is -1.02. The zero-order valence-electron chi connectivity index (χ0n) is 18.4. The SMILES string of the molecule is COC(=O)c1c(NC(=S)Nc2ccc(S(=O)(=O)Nc3ccccc3OC)cc2)sc(C)c1C. The summed E-state index contributed by atoms with van der Waals surface area (Å²) in [4.78, 5) is 13.2. The summed E-state index contributed by atoms with van der Waals surface area (Å²) < 4.78 is 38.1. The molecule has 1 heterocycles. The van der Waals surface area contributed by atoms with Gasteiger partial charge in [0.15, 0.2) is 5.11 Å². The number of carbonyl (C=O) groups is 1. The summed E-state index contributed by atoms with van der Waals surface area (Å²) in [5, 5.41) is 6.84. The maximum Gasteiger partial charge on any atom is 0.341 e. The Kier molecular flexibility index (Phi) is 7.57. The molecule has 0 saturated heterocycles. The van der Waals surface area contributed by atoms with Gasteiger partial charge in [0.2, 0.25) is 0 Å². The fourth-order valence-corrected chi connectivity index (χ4v) is 5.39. The van der Waals surface area contributed by atoms with Gasteiger partial charge in [0, 0.05) is 10.6 Å². The van der Waals surface area contributed by atoms with Crippen LogP contribution in [0.15, 0.2) is 53.4 Å². The molecule has 0 radical (unpaired) electrons. The summed E-state index contributed by atoms with van der Waals surface area (Å²) in [5.41, 5.74) is 2.19. The number of aryl methyl sites for hydroxylation is 1. The molecule has 0 spiro atoms. The van der Waals surface area contributed by atoms with Crippen molar-refractivity contribution >= 4 is 61.0 Å². The highest BCUT2D eigenvalue weighted by Gasteiger charge is 2.21. The minimum Gasteiger partial charge on any atom is -0.495 e. The molecule has 3 rings (SSSR count). The molecule has 0 fully saturated rings. The van der Waals surface area contributed by atoms with Crippen molar-refractivity contribution in [1.29, 1.82) is 0 Å². The third kappa shape index (κ3) is 5.62. The van der Waals surface area contributed by atoms with E-state index in [0.717, 1.165) is 10.4 Å². The van der Waals surface area contributed by atoms with Gasteiger partial charge in [0.1, 0.15) is 10.8 Å². The summed E-state index contributed by atoms with van der Waals surface area (Å²) in [6, 6.07) is 12.9. The van der Waals surface area contributed by atoms with Crippen molar-refractivity contribution in [2.45, 2.75) is 18.7 Å². The van der Waals surface area contributed by atoms with Crippen LogP contribution in [0.3, 0.4) is 0 Å². The number of hydrogen-bond acceptors (Lipinski definition) is 7. The molecular weight excluding hydrogens is 482 g/mol. The second-order valence-electron chi connectivity index (χ2n) is 6.89. The highest BCUT2D eigenvalue weighted by atomic mass is 32.2. The second-order valence-corrected chi connectivity index (χ2v) is 10.2. The van der Waals surface area contributed by atoms with Gasteiger partial charge in [0.05, 0.1) is 30.4 Å². The van der Waals surface area contributed by atoms with Crippen molar-refractivity contribution in [2.24, 2.45) is 0 Å². The molecular formula is C22H23N3O5S3. The molecule has 0 unspecified atom stereocenters. The number of methoxy groups -OCH3 is 2. The van der Waals surface area contributed by atoms with Gasteiger partial charge in [-0.3, -0.25) is 4.72 Å². The standard InChI is InChI=1S/C22H23N3O5S3/c1-13-14(2)32-20(19(13)21(26)30-4)24-22(31)23-15-9-11-16(12-10-15)33(27,28)25-17-7-5-6-8-18(17)29-3/h5-12,25H,1-4H3,(H2,23,24,31). The predicted octanol–water partition coefficient (Wildman–Crippen LogP) is 4.77. The number of rotatable bonds is 7. The molecule has 33 heavy (non-hydrogen) atoms. The molecule has 8 nitrogen and oxygen atoms in total. The Morgan fingerprint density at radius 3 is 2.30 bits per heavy atom. The molecule has 11 heteroatoms. The molecule has 0 atom stereocenters. The minimum atomic E-state index is -3.82. The van der Waals surface area contributed by atoms with Crippen LogP contribution in [0.5, 0.6) is 5.75 Å². The number of anilines is 3.